The Morgan fingerprint density at radius 3 is 2.54 bits per heavy atom. The van der Waals surface area contributed by atoms with Crippen LogP contribution in [0.5, 0.6) is 0 Å². The summed E-state index contributed by atoms with van der Waals surface area (Å²) in [6, 6.07) is 4.01. The lowest BCUT2D eigenvalue weighted by atomic mass is 9.96. The maximum Gasteiger partial charge on any atom is 0.339 e. The maximum absolute atomic E-state index is 12.6. The summed E-state index contributed by atoms with van der Waals surface area (Å²) >= 11 is 0. The lowest BCUT2D eigenvalue weighted by Gasteiger charge is -2.16. The van der Waals surface area contributed by atoms with Crippen LogP contribution in [-0.4, -0.2) is 17.9 Å². The predicted octanol–water partition coefficient (Wildman–Crippen LogP) is 4.81. The van der Waals surface area contributed by atoms with Gasteiger partial charge in [-0.05, 0) is 50.8 Å². The first-order valence-corrected chi connectivity index (χ1v) is 8.57. The van der Waals surface area contributed by atoms with Gasteiger partial charge in [-0.2, -0.15) is 0 Å². The Kier molecular flexibility index (Phi) is 6.13. The molecule has 0 fully saturated rings. The predicted molar refractivity (Wildman–Crippen MR) is 97.0 cm³/mol. The van der Waals surface area contributed by atoms with E-state index in [0.717, 1.165) is 29.5 Å². The van der Waals surface area contributed by atoms with Gasteiger partial charge in [0.05, 0.1) is 5.56 Å². The Bertz CT molecular complexity index is 683. The number of fused-ring (bicyclic) bond motifs is 1. The smallest absolute Gasteiger partial charge is 0.339 e. The highest BCUT2D eigenvalue weighted by Crippen LogP contribution is 2.22. The first kappa shape index (κ1) is 18.2. The molecule has 1 aromatic carbocycles. The summed E-state index contributed by atoms with van der Waals surface area (Å²) in [7, 11) is 0. The first-order valence-electron chi connectivity index (χ1n) is 8.57. The van der Waals surface area contributed by atoms with Gasteiger partial charge in [-0.25, -0.2) is 4.79 Å². The molecule has 3 nitrogen and oxygen atoms in total. The zero-order chi connectivity index (χ0) is 17.7. The second kappa shape index (κ2) is 8.09. The van der Waals surface area contributed by atoms with E-state index in [4.69, 9.17) is 4.74 Å². The van der Waals surface area contributed by atoms with Crippen LogP contribution in [0.2, 0.25) is 0 Å². The van der Waals surface area contributed by atoms with Crippen LogP contribution in [0.3, 0.4) is 0 Å². The van der Waals surface area contributed by atoms with Crippen LogP contribution in [0.25, 0.3) is 6.08 Å². The number of allylic oxidation sites excluding steroid dienone is 2. The fourth-order valence-corrected chi connectivity index (χ4v) is 2.94. The van der Waals surface area contributed by atoms with E-state index in [-0.39, 0.29) is 23.8 Å². The number of rotatable bonds is 0. The molecule has 3 heteroatoms. The number of ether oxygens (including phenoxy) is 1. The largest absolute Gasteiger partial charge is 0.459 e. The van der Waals surface area contributed by atoms with Gasteiger partial charge >= 0.3 is 5.97 Å². The molecule has 1 aromatic rings. The normalized spacial score (nSPS) is 25.3. The van der Waals surface area contributed by atoms with Crippen molar-refractivity contribution in [2.45, 2.75) is 53.1 Å². The van der Waals surface area contributed by atoms with E-state index < -0.39 is 0 Å². The van der Waals surface area contributed by atoms with Crippen molar-refractivity contribution in [3.8, 4) is 0 Å². The van der Waals surface area contributed by atoms with E-state index in [0.29, 0.717) is 12.0 Å². The Morgan fingerprint density at radius 1 is 1.04 bits per heavy atom. The molecule has 0 unspecified atom stereocenters. The summed E-state index contributed by atoms with van der Waals surface area (Å²) in [5, 5.41) is 0. The van der Waals surface area contributed by atoms with E-state index in [1.807, 2.05) is 52.0 Å². The van der Waals surface area contributed by atoms with Gasteiger partial charge in [0, 0.05) is 12.3 Å². The summed E-state index contributed by atoms with van der Waals surface area (Å²) in [6.45, 7) is 7.76. The van der Waals surface area contributed by atoms with E-state index >= 15 is 0 Å². The summed E-state index contributed by atoms with van der Waals surface area (Å²) in [5.41, 5.74) is 3.56. The third-order valence-corrected chi connectivity index (χ3v) is 4.32. The van der Waals surface area contributed by atoms with Crippen LogP contribution in [0.1, 0.15) is 60.2 Å². The minimum atomic E-state index is -0.301. The molecule has 0 saturated carbocycles. The lowest BCUT2D eigenvalue weighted by molar-refractivity contribution is -0.117. The van der Waals surface area contributed by atoms with Crippen LogP contribution in [0.15, 0.2) is 30.4 Å². The standard InChI is InChI=1S/C21H26O3/c1-14-12-16(3)20-18(13-14)10-6-5-8-15(2)19(22)11-7-9-17(4)24-21(20)23/h6-7,10-13,15,17H,5,8-9H2,1-4H3/b10-6+,11-7-/t15-,17-/m0/s1. The van der Waals surface area contributed by atoms with Crippen molar-refractivity contribution in [2.75, 3.05) is 0 Å². The lowest BCUT2D eigenvalue weighted by Crippen LogP contribution is -2.17. The molecule has 0 aromatic heterocycles. The van der Waals surface area contributed by atoms with Crippen molar-refractivity contribution in [3.63, 3.8) is 0 Å². The van der Waals surface area contributed by atoms with Gasteiger partial charge in [0.1, 0.15) is 6.10 Å². The van der Waals surface area contributed by atoms with E-state index in [2.05, 4.69) is 0 Å². The van der Waals surface area contributed by atoms with Crippen LogP contribution in [0.4, 0.5) is 0 Å². The number of benzene rings is 1. The number of ketones is 1. The Labute approximate surface area is 144 Å². The van der Waals surface area contributed by atoms with Crippen molar-refractivity contribution in [3.05, 3.63) is 52.6 Å². The fourth-order valence-electron chi connectivity index (χ4n) is 2.94. The van der Waals surface area contributed by atoms with Crippen molar-refractivity contribution >= 4 is 17.8 Å². The molecule has 24 heavy (non-hydrogen) atoms. The highest BCUT2D eigenvalue weighted by molar-refractivity contribution is 5.95. The molecule has 0 N–H and O–H groups in total. The summed E-state index contributed by atoms with van der Waals surface area (Å²) < 4.78 is 5.57. The zero-order valence-corrected chi connectivity index (χ0v) is 15.0. The number of esters is 1. The Hall–Kier alpha value is -2.16. The molecule has 128 valence electrons. The minimum Gasteiger partial charge on any atom is -0.459 e. The number of cyclic esters (lactones) is 1. The number of aryl methyl sites for hydroxylation is 2. The summed E-state index contributed by atoms with van der Waals surface area (Å²) in [4.78, 5) is 24.6. The maximum atomic E-state index is 12.6. The molecule has 1 aliphatic heterocycles. The monoisotopic (exact) mass is 326 g/mol. The molecule has 2 rings (SSSR count). The van der Waals surface area contributed by atoms with Gasteiger partial charge in [0.2, 0.25) is 0 Å². The molecular weight excluding hydrogens is 300 g/mol. The van der Waals surface area contributed by atoms with Gasteiger partial charge in [0.25, 0.3) is 0 Å². The first-order chi connectivity index (χ1) is 11.4. The van der Waals surface area contributed by atoms with Gasteiger partial charge in [-0.3, -0.25) is 4.79 Å². The molecule has 1 heterocycles. The molecule has 0 saturated heterocycles. The van der Waals surface area contributed by atoms with Gasteiger partial charge in [0.15, 0.2) is 5.78 Å². The van der Waals surface area contributed by atoms with Crippen LogP contribution in [0, 0.1) is 19.8 Å². The van der Waals surface area contributed by atoms with Crippen molar-refractivity contribution in [1.82, 2.24) is 0 Å². The second-order valence-electron chi connectivity index (χ2n) is 6.68. The summed E-state index contributed by atoms with van der Waals surface area (Å²) in [5.74, 6) is -0.165. The Morgan fingerprint density at radius 2 is 1.79 bits per heavy atom. The highest BCUT2D eigenvalue weighted by Gasteiger charge is 2.18. The minimum absolute atomic E-state index is 0.00501. The van der Waals surface area contributed by atoms with Crippen molar-refractivity contribution < 1.29 is 14.3 Å². The molecule has 0 spiro atoms. The zero-order valence-electron chi connectivity index (χ0n) is 15.0. The average molecular weight is 326 g/mol. The molecule has 2 atom stereocenters. The molecule has 0 radical (unpaired) electrons. The second-order valence-corrected chi connectivity index (χ2v) is 6.68. The van der Waals surface area contributed by atoms with Crippen molar-refractivity contribution in [1.29, 1.82) is 0 Å². The number of hydrogen-bond acceptors (Lipinski definition) is 3. The van der Waals surface area contributed by atoms with Gasteiger partial charge in [-0.1, -0.05) is 42.8 Å². The summed E-state index contributed by atoms with van der Waals surface area (Å²) in [6.07, 6.45) is 9.32. The number of carbonyl (C=O) groups excluding carboxylic acids is 2. The fraction of sp³-hybridized carbons (Fsp3) is 0.429. The third-order valence-electron chi connectivity index (χ3n) is 4.32. The van der Waals surface area contributed by atoms with Gasteiger partial charge < -0.3 is 4.74 Å². The van der Waals surface area contributed by atoms with E-state index in [1.54, 1.807) is 12.2 Å². The molecule has 0 aliphatic carbocycles. The average Bonchev–Trinajstić information content (AvgIpc) is 2.49. The number of carbonyl (C=O) groups is 2. The quantitative estimate of drug-likeness (QED) is 0.643. The van der Waals surface area contributed by atoms with Gasteiger partial charge in [-0.15, -0.1) is 0 Å². The van der Waals surface area contributed by atoms with E-state index in [1.165, 1.54) is 0 Å². The Balaban J connectivity index is 2.38. The van der Waals surface area contributed by atoms with Crippen LogP contribution in [-0.2, 0) is 9.53 Å². The molecular formula is C21H26O3. The van der Waals surface area contributed by atoms with Crippen molar-refractivity contribution in [2.24, 2.45) is 5.92 Å². The molecule has 0 bridgehead atoms. The van der Waals surface area contributed by atoms with Crippen LogP contribution < -0.4 is 0 Å². The van der Waals surface area contributed by atoms with E-state index in [9.17, 15) is 9.59 Å². The third kappa shape index (κ3) is 4.67. The topological polar surface area (TPSA) is 43.4 Å². The van der Waals surface area contributed by atoms with Crippen LogP contribution >= 0.6 is 0 Å². The molecule has 1 aliphatic rings. The molecule has 0 amide bonds. The highest BCUT2D eigenvalue weighted by atomic mass is 16.5. The SMILES string of the molecule is Cc1cc(C)c2c(c1)/C=C/CC[C@H](C)C(=O)/C=C\C[C@H](C)OC2=O. The number of hydrogen-bond donors (Lipinski definition) is 0.